The van der Waals surface area contributed by atoms with Crippen LogP contribution in [0.2, 0.25) is 0 Å². The molecule has 0 bridgehead atoms. The molecule has 0 radical (unpaired) electrons. The van der Waals surface area contributed by atoms with Crippen molar-refractivity contribution in [3.05, 3.63) is 30.5 Å². The summed E-state index contributed by atoms with van der Waals surface area (Å²) in [5.41, 5.74) is 1.14. The molecular weight excluding hydrogens is 333 g/mol. The van der Waals surface area contributed by atoms with Gasteiger partial charge in [0.1, 0.15) is 6.54 Å². The number of aliphatic carboxylic acids is 1. The quantitative estimate of drug-likeness (QED) is 0.844. The van der Waals surface area contributed by atoms with E-state index >= 15 is 0 Å². The summed E-state index contributed by atoms with van der Waals surface area (Å²) in [6, 6.07) is 6.57. The van der Waals surface area contributed by atoms with Crippen molar-refractivity contribution in [2.45, 2.75) is 12.7 Å². The van der Waals surface area contributed by atoms with Gasteiger partial charge in [-0.1, -0.05) is 0 Å². The number of amides is 1. The fourth-order valence-electron chi connectivity index (χ4n) is 2.02. The second kappa shape index (κ2) is 6.95. The topological polar surface area (TPSA) is 71.3 Å². The van der Waals surface area contributed by atoms with Gasteiger partial charge in [-0.15, -0.1) is 11.8 Å². The Balaban J connectivity index is 1.98. The van der Waals surface area contributed by atoms with E-state index in [0.717, 1.165) is 5.39 Å². The van der Waals surface area contributed by atoms with E-state index in [0.29, 0.717) is 23.0 Å². The number of nitrogens with zero attached hydrogens (tertiary/aromatic N) is 1. The zero-order chi connectivity index (χ0) is 17.0. The number of benzene rings is 1. The first kappa shape index (κ1) is 17.2. The maximum atomic E-state index is 12.0. The number of thioether (sulfide) groups is 1. The third-order valence-corrected chi connectivity index (χ3v) is 3.86. The van der Waals surface area contributed by atoms with Gasteiger partial charge in [0.15, 0.2) is 0 Å². The van der Waals surface area contributed by atoms with Crippen molar-refractivity contribution in [1.29, 1.82) is 0 Å². The number of rotatable bonds is 6. The SMILES string of the molecule is O=C(O)Cn1ccc2cc(NC(=O)CSCC(F)(F)F)ccc21. The second-order valence-electron chi connectivity index (χ2n) is 4.77. The first-order valence-corrected chi connectivity index (χ1v) is 7.65. The molecule has 2 aromatic rings. The monoisotopic (exact) mass is 346 g/mol. The molecule has 1 aromatic heterocycles. The summed E-state index contributed by atoms with van der Waals surface area (Å²) in [6.45, 7) is -0.177. The lowest BCUT2D eigenvalue weighted by Gasteiger charge is -2.08. The maximum Gasteiger partial charge on any atom is 0.397 e. The van der Waals surface area contributed by atoms with Crippen LogP contribution in [-0.2, 0) is 16.1 Å². The Hall–Kier alpha value is -2.16. The zero-order valence-corrected chi connectivity index (χ0v) is 12.6. The summed E-state index contributed by atoms with van der Waals surface area (Å²) in [6.07, 6.45) is -2.68. The van der Waals surface area contributed by atoms with Crippen LogP contribution in [0.25, 0.3) is 10.9 Å². The Labute approximate surface area is 133 Å². The Morgan fingerprint density at radius 3 is 2.65 bits per heavy atom. The van der Waals surface area contributed by atoms with E-state index < -0.39 is 23.8 Å². The van der Waals surface area contributed by atoms with Crippen LogP contribution in [0.3, 0.4) is 0 Å². The van der Waals surface area contributed by atoms with Crippen molar-refractivity contribution in [2.75, 3.05) is 16.8 Å². The molecule has 23 heavy (non-hydrogen) atoms. The van der Waals surface area contributed by atoms with Gasteiger partial charge in [-0.2, -0.15) is 13.2 Å². The molecule has 1 aromatic carbocycles. The van der Waals surface area contributed by atoms with Crippen molar-refractivity contribution >= 4 is 40.2 Å². The molecule has 0 aliphatic rings. The van der Waals surface area contributed by atoms with Crippen molar-refractivity contribution in [1.82, 2.24) is 4.57 Å². The number of carboxylic acids is 1. The average molecular weight is 346 g/mol. The molecule has 1 heterocycles. The van der Waals surface area contributed by atoms with Gasteiger partial charge in [0.25, 0.3) is 0 Å². The molecule has 124 valence electrons. The number of halogens is 3. The van der Waals surface area contributed by atoms with Crippen LogP contribution in [0.15, 0.2) is 30.5 Å². The van der Waals surface area contributed by atoms with Crippen LogP contribution in [-0.4, -0.2) is 39.2 Å². The van der Waals surface area contributed by atoms with Crippen LogP contribution in [0.4, 0.5) is 18.9 Å². The van der Waals surface area contributed by atoms with Crippen molar-refractivity contribution in [2.24, 2.45) is 0 Å². The van der Waals surface area contributed by atoms with Gasteiger partial charge in [-0.05, 0) is 24.3 Å². The van der Waals surface area contributed by atoms with E-state index in [2.05, 4.69) is 5.32 Å². The molecule has 0 aliphatic carbocycles. The largest absolute Gasteiger partial charge is 0.480 e. The first-order chi connectivity index (χ1) is 10.7. The fourth-order valence-corrected chi connectivity index (χ4v) is 2.61. The standard InChI is InChI=1S/C14H13F3N2O3S/c15-14(16,17)8-23-7-12(20)18-10-1-2-11-9(5-10)3-4-19(11)6-13(21)22/h1-5H,6-8H2,(H,18,20)(H,21,22). The maximum absolute atomic E-state index is 12.0. The van der Waals surface area contributed by atoms with Crippen LogP contribution in [0.5, 0.6) is 0 Å². The number of alkyl halides is 3. The van der Waals surface area contributed by atoms with Gasteiger partial charge in [0, 0.05) is 22.8 Å². The van der Waals surface area contributed by atoms with Gasteiger partial charge in [-0.25, -0.2) is 0 Å². The minimum absolute atomic E-state index is 0.177. The lowest BCUT2D eigenvalue weighted by atomic mass is 10.2. The summed E-state index contributed by atoms with van der Waals surface area (Å²) in [5, 5.41) is 12.0. The van der Waals surface area contributed by atoms with Crippen LogP contribution in [0, 0.1) is 0 Å². The van der Waals surface area contributed by atoms with E-state index in [1.54, 1.807) is 35.0 Å². The average Bonchev–Trinajstić information content (AvgIpc) is 2.79. The summed E-state index contributed by atoms with van der Waals surface area (Å²) >= 11 is 0.496. The van der Waals surface area contributed by atoms with Gasteiger partial charge in [-0.3, -0.25) is 9.59 Å². The lowest BCUT2D eigenvalue weighted by Crippen LogP contribution is -2.17. The Morgan fingerprint density at radius 2 is 2.00 bits per heavy atom. The summed E-state index contributed by atoms with van der Waals surface area (Å²) < 4.78 is 37.6. The minimum atomic E-state index is -4.29. The number of hydrogen-bond donors (Lipinski definition) is 2. The molecule has 9 heteroatoms. The molecule has 0 saturated carbocycles. The fraction of sp³-hybridized carbons (Fsp3) is 0.286. The van der Waals surface area contributed by atoms with Crippen LogP contribution >= 0.6 is 11.8 Å². The molecule has 1 amide bonds. The number of fused-ring (bicyclic) bond motifs is 1. The van der Waals surface area contributed by atoms with Gasteiger partial charge in [0.2, 0.25) is 5.91 Å². The predicted molar refractivity (Wildman–Crippen MR) is 81.6 cm³/mol. The highest BCUT2D eigenvalue weighted by molar-refractivity contribution is 8.00. The first-order valence-electron chi connectivity index (χ1n) is 6.49. The number of anilines is 1. The number of hydrogen-bond acceptors (Lipinski definition) is 3. The van der Waals surface area contributed by atoms with E-state index in [1.165, 1.54) is 0 Å². The second-order valence-corrected chi connectivity index (χ2v) is 5.75. The van der Waals surface area contributed by atoms with Crippen molar-refractivity contribution < 1.29 is 27.9 Å². The molecule has 0 spiro atoms. The molecule has 0 saturated heterocycles. The van der Waals surface area contributed by atoms with Gasteiger partial charge < -0.3 is 15.0 Å². The van der Waals surface area contributed by atoms with E-state index in [4.69, 9.17) is 5.11 Å². The molecular formula is C14H13F3N2O3S. The summed E-state index contributed by atoms with van der Waals surface area (Å²) in [4.78, 5) is 22.3. The van der Waals surface area contributed by atoms with Crippen molar-refractivity contribution in [3.63, 3.8) is 0 Å². The Bertz CT molecular complexity index is 728. The highest BCUT2D eigenvalue weighted by Gasteiger charge is 2.27. The number of carboxylic acid groups (broad SMARTS) is 1. The van der Waals surface area contributed by atoms with Gasteiger partial charge in [0.05, 0.1) is 11.5 Å². The van der Waals surface area contributed by atoms with Gasteiger partial charge >= 0.3 is 12.1 Å². The van der Waals surface area contributed by atoms with E-state index in [1.807, 2.05) is 0 Å². The third kappa shape index (κ3) is 5.20. The number of carbonyl (C=O) groups excluding carboxylic acids is 1. The Morgan fingerprint density at radius 1 is 1.26 bits per heavy atom. The summed E-state index contributed by atoms with van der Waals surface area (Å²) in [5.74, 6) is -2.86. The molecule has 2 rings (SSSR count). The number of aromatic nitrogens is 1. The molecule has 0 fully saturated rings. The normalized spacial score (nSPS) is 11.6. The minimum Gasteiger partial charge on any atom is -0.480 e. The van der Waals surface area contributed by atoms with E-state index in [-0.39, 0.29) is 12.3 Å². The third-order valence-electron chi connectivity index (χ3n) is 2.86. The molecule has 2 N–H and O–H groups in total. The molecule has 5 nitrogen and oxygen atoms in total. The van der Waals surface area contributed by atoms with E-state index in [9.17, 15) is 22.8 Å². The number of carbonyl (C=O) groups is 2. The highest BCUT2D eigenvalue weighted by atomic mass is 32.2. The molecule has 0 aliphatic heterocycles. The van der Waals surface area contributed by atoms with Crippen molar-refractivity contribution in [3.8, 4) is 0 Å². The lowest BCUT2D eigenvalue weighted by molar-refractivity contribution is -0.137. The molecule has 0 atom stereocenters. The Kier molecular flexibility index (Phi) is 5.19. The van der Waals surface area contributed by atoms with Crippen LogP contribution < -0.4 is 5.32 Å². The predicted octanol–water partition coefficient (Wildman–Crippen LogP) is 2.96. The summed E-state index contributed by atoms with van der Waals surface area (Å²) in [7, 11) is 0. The smallest absolute Gasteiger partial charge is 0.397 e. The van der Waals surface area contributed by atoms with Crippen LogP contribution in [0.1, 0.15) is 0 Å². The zero-order valence-electron chi connectivity index (χ0n) is 11.8. The molecule has 0 unspecified atom stereocenters. The highest BCUT2D eigenvalue weighted by Crippen LogP contribution is 2.22. The number of nitrogens with one attached hydrogen (secondary N) is 1.